The van der Waals surface area contributed by atoms with Crippen LogP contribution < -0.4 is 11.1 Å². The monoisotopic (exact) mass is 496 g/mol. The number of carbonyl (C=O) groups is 2. The topological polar surface area (TPSA) is 231 Å². The lowest BCUT2D eigenvalue weighted by Gasteiger charge is -1.95. The molecule has 0 bridgehead atoms. The summed E-state index contributed by atoms with van der Waals surface area (Å²) in [5.74, 6) is -1.38. The number of nitrogens with one attached hydrogen (secondary N) is 1. The molecule has 0 aliphatic rings. The third-order valence-corrected chi connectivity index (χ3v) is 4.78. The van der Waals surface area contributed by atoms with Gasteiger partial charge in [0.1, 0.15) is 24.9 Å². The van der Waals surface area contributed by atoms with Gasteiger partial charge in [0, 0.05) is 0 Å². The minimum absolute atomic E-state index is 0.0208. The van der Waals surface area contributed by atoms with E-state index < -0.39 is 21.7 Å². The zero-order valence-electron chi connectivity index (χ0n) is 16.0. The van der Waals surface area contributed by atoms with E-state index in [4.69, 9.17) is 15.3 Å². The maximum Gasteiger partial charge on any atom is 0.345 e. The first-order valence-corrected chi connectivity index (χ1v) is 9.85. The molecule has 1 amide bonds. The number of amides is 1. The fourth-order valence-corrected chi connectivity index (χ4v) is 2.85. The van der Waals surface area contributed by atoms with Gasteiger partial charge in [-0.3, -0.25) is 30.3 Å². The van der Waals surface area contributed by atoms with E-state index in [-0.39, 0.29) is 25.8 Å². The van der Waals surface area contributed by atoms with E-state index in [0.717, 1.165) is 35.1 Å². The Morgan fingerprint density at radius 3 is 1.88 bits per heavy atom. The number of anilines is 2. The number of aromatic nitrogens is 2. The summed E-state index contributed by atoms with van der Waals surface area (Å²) in [6.45, 7) is 0. The SMILES string of the molecule is Nc1ncc([N+](=O)[O-])s1.O=C(Nc1ncc([N+](=O)[O-])s1)c1ccoc1.O=C(O)c1ccoc1. The lowest BCUT2D eigenvalue weighted by Crippen LogP contribution is -2.10. The molecule has 0 saturated heterocycles. The van der Waals surface area contributed by atoms with Gasteiger partial charge in [-0.1, -0.05) is 0 Å². The van der Waals surface area contributed by atoms with Crippen molar-refractivity contribution in [3.63, 3.8) is 0 Å². The van der Waals surface area contributed by atoms with Crippen molar-refractivity contribution >= 4 is 54.8 Å². The Kier molecular flexibility index (Phi) is 8.71. The molecular weight excluding hydrogens is 484 g/mol. The summed E-state index contributed by atoms with van der Waals surface area (Å²) in [6, 6.07) is 2.87. The summed E-state index contributed by atoms with van der Waals surface area (Å²) in [5.41, 5.74) is 5.64. The van der Waals surface area contributed by atoms with Crippen LogP contribution >= 0.6 is 22.7 Å². The number of carbonyl (C=O) groups excluding carboxylic acids is 1. The highest BCUT2D eigenvalue weighted by molar-refractivity contribution is 7.19. The number of rotatable bonds is 5. The van der Waals surface area contributed by atoms with E-state index in [1.807, 2.05) is 0 Å². The number of nitrogens with zero attached hydrogens (tertiary/aromatic N) is 4. The molecule has 15 nitrogen and oxygen atoms in total. The normalized spacial score (nSPS) is 9.58. The second-order valence-corrected chi connectivity index (χ2v) is 7.39. The van der Waals surface area contributed by atoms with Crippen molar-refractivity contribution in [1.82, 2.24) is 9.97 Å². The average Bonchev–Trinajstić information content (AvgIpc) is 3.56. The van der Waals surface area contributed by atoms with Crippen molar-refractivity contribution in [1.29, 1.82) is 0 Å². The molecule has 4 aromatic rings. The molecule has 4 N–H and O–H groups in total. The minimum Gasteiger partial charge on any atom is -0.478 e. The Morgan fingerprint density at radius 2 is 1.52 bits per heavy atom. The Morgan fingerprint density at radius 1 is 0.970 bits per heavy atom. The number of carboxylic acids is 1. The number of hydrogen-bond acceptors (Lipinski definition) is 13. The second kappa shape index (κ2) is 11.7. The van der Waals surface area contributed by atoms with Gasteiger partial charge in [0.25, 0.3) is 5.91 Å². The molecule has 0 fully saturated rings. The fourth-order valence-electron chi connectivity index (χ4n) is 1.72. The van der Waals surface area contributed by atoms with Gasteiger partial charge in [0.2, 0.25) is 0 Å². The van der Waals surface area contributed by atoms with Crippen LogP contribution in [-0.2, 0) is 0 Å². The molecule has 0 unspecified atom stereocenters. The van der Waals surface area contributed by atoms with Gasteiger partial charge in [-0.05, 0) is 34.8 Å². The standard InChI is InChI=1S/C8H5N3O4S.C5H4O3.C3H3N3O2S/c12-7(5-1-2-15-4-5)10-8-9-3-6(16-8)11(13)14;6-5(7)4-1-2-8-3-4;4-3-5-1-2(9-3)6(7)8/h1-4H,(H,9,10,12);1-3H,(H,6,7);1H,(H2,4,5). The lowest BCUT2D eigenvalue weighted by molar-refractivity contribution is -0.380. The predicted octanol–water partition coefficient (Wildman–Crippen LogP) is 3.51. The van der Waals surface area contributed by atoms with Crippen LogP contribution in [0.3, 0.4) is 0 Å². The number of carboxylic acid groups (broad SMARTS) is 1. The highest BCUT2D eigenvalue weighted by atomic mass is 32.1. The summed E-state index contributed by atoms with van der Waals surface area (Å²) >= 11 is 1.66. The predicted molar refractivity (Wildman–Crippen MR) is 114 cm³/mol. The molecule has 0 saturated carbocycles. The van der Waals surface area contributed by atoms with E-state index in [0.29, 0.717) is 5.56 Å². The van der Waals surface area contributed by atoms with Crippen LogP contribution in [0.15, 0.2) is 58.4 Å². The summed E-state index contributed by atoms with van der Waals surface area (Å²) in [5, 5.41) is 31.2. The highest BCUT2D eigenvalue weighted by Gasteiger charge is 2.14. The quantitative estimate of drug-likeness (QED) is 0.266. The average molecular weight is 496 g/mol. The Labute approximate surface area is 190 Å². The summed E-state index contributed by atoms with van der Waals surface area (Å²) in [4.78, 5) is 47.9. The number of hydrogen-bond donors (Lipinski definition) is 3. The van der Waals surface area contributed by atoms with E-state index >= 15 is 0 Å². The van der Waals surface area contributed by atoms with Crippen molar-refractivity contribution in [2.24, 2.45) is 0 Å². The molecule has 17 heteroatoms. The van der Waals surface area contributed by atoms with Crippen LogP contribution in [0, 0.1) is 20.2 Å². The molecule has 4 rings (SSSR count). The Hall–Kier alpha value is -4.64. The van der Waals surface area contributed by atoms with Crippen molar-refractivity contribution in [2.75, 3.05) is 11.1 Å². The molecule has 0 aromatic carbocycles. The zero-order valence-corrected chi connectivity index (χ0v) is 17.6. The maximum absolute atomic E-state index is 11.5. The van der Waals surface area contributed by atoms with Crippen LogP contribution in [0.1, 0.15) is 20.7 Å². The molecule has 0 spiro atoms. The van der Waals surface area contributed by atoms with Crippen molar-refractivity contribution in [2.45, 2.75) is 0 Å². The van der Waals surface area contributed by atoms with Gasteiger partial charge in [-0.15, -0.1) is 0 Å². The zero-order chi connectivity index (χ0) is 24.4. The molecule has 4 heterocycles. The molecule has 33 heavy (non-hydrogen) atoms. The van der Waals surface area contributed by atoms with Crippen molar-refractivity contribution in [3.05, 3.63) is 80.9 Å². The molecule has 0 radical (unpaired) electrons. The Bertz CT molecular complexity index is 1220. The fraction of sp³-hybridized carbons (Fsp3) is 0. The molecule has 0 aliphatic heterocycles. The number of nitro groups is 2. The summed E-state index contributed by atoms with van der Waals surface area (Å²) in [7, 11) is 0. The molecule has 0 atom stereocenters. The number of aromatic carboxylic acids is 1. The molecule has 0 aliphatic carbocycles. The second-order valence-electron chi connectivity index (χ2n) is 5.34. The van der Waals surface area contributed by atoms with Crippen LogP contribution in [0.5, 0.6) is 0 Å². The van der Waals surface area contributed by atoms with Crippen LogP contribution in [0.4, 0.5) is 20.3 Å². The number of nitrogens with two attached hydrogens (primary N) is 1. The first-order valence-electron chi connectivity index (χ1n) is 8.22. The first kappa shape index (κ1) is 24.6. The molecule has 4 aromatic heterocycles. The number of furan rings is 2. The summed E-state index contributed by atoms with van der Waals surface area (Å²) < 4.78 is 9.23. The lowest BCUT2D eigenvalue weighted by atomic mass is 10.3. The summed E-state index contributed by atoms with van der Waals surface area (Å²) in [6.07, 6.45) is 7.37. The van der Waals surface area contributed by atoms with Crippen LogP contribution in [-0.4, -0.2) is 36.8 Å². The van der Waals surface area contributed by atoms with Gasteiger partial charge in [-0.2, -0.15) is 0 Å². The van der Waals surface area contributed by atoms with E-state index in [2.05, 4.69) is 19.7 Å². The molecule has 172 valence electrons. The van der Waals surface area contributed by atoms with Crippen molar-refractivity contribution in [3.8, 4) is 0 Å². The minimum atomic E-state index is -0.959. The maximum atomic E-state index is 11.5. The van der Waals surface area contributed by atoms with E-state index in [1.165, 1.54) is 37.2 Å². The van der Waals surface area contributed by atoms with E-state index in [9.17, 15) is 29.8 Å². The van der Waals surface area contributed by atoms with Crippen molar-refractivity contribution < 1.29 is 33.4 Å². The number of nitrogen functional groups attached to an aromatic ring is 1. The number of thiazole rings is 2. The third kappa shape index (κ3) is 7.84. The van der Waals surface area contributed by atoms with Crippen LogP contribution in [0.2, 0.25) is 0 Å². The first-order chi connectivity index (χ1) is 15.7. The van der Waals surface area contributed by atoms with Crippen LogP contribution in [0.25, 0.3) is 0 Å². The van der Waals surface area contributed by atoms with E-state index in [1.54, 1.807) is 0 Å². The highest BCUT2D eigenvalue weighted by Crippen LogP contribution is 2.25. The third-order valence-electron chi connectivity index (χ3n) is 3.14. The van der Waals surface area contributed by atoms with Gasteiger partial charge in [0.15, 0.2) is 10.3 Å². The largest absolute Gasteiger partial charge is 0.478 e. The molecular formula is C16H12N6O9S2. The smallest absolute Gasteiger partial charge is 0.345 e. The Balaban J connectivity index is 0.000000192. The van der Waals surface area contributed by atoms with Gasteiger partial charge >= 0.3 is 16.0 Å². The van der Waals surface area contributed by atoms with Gasteiger partial charge < -0.3 is 19.7 Å². The van der Waals surface area contributed by atoms with Gasteiger partial charge in [-0.25, -0.2) is 14.8 Å². The van der Waals surface area contributed by atoms with Gasteiger partial charge in [0.05, 0.1) is 33.5 Å².